The summed E-state index contributed by atoms with van der Waals surface area (Å²) in [4.78, 5) is 31.6. The molecular formula is C24H22ClF3N4O3S. The quantitative estimate of drug-likeness (QED) is 0.304. The van der Waals surface area contributed by atoms with E-state index in [0.29, 0.717) is 35.4 Å². The number of halogens is 4. The minimum Gasteiger partial charge on any atom is -0.348 e. The van der Waals surface area contributed by atoms with Gasteiger partial charge in [0, 0.05) is 43.3 Å². The van der Waals surface area contributed by atoms with Crippen LogP contribution >= 0.6 is 22.9 Å². The molecule has 0 bridgehead atoms. The molecule has 7 nitrogen and oxygen atoms in total. The number of fused-ring (bicyclic) bond motifs is 1. The van der Waals surface area contributed by atoms with Gasteiger partial charge in [0.1, 0.15) is 4.70 Å². The molecule has 2 aromatic carbocycles. The smallest absolute Gasteiger partial charge is 0.348 e. The third kappa shape index (κ3) is 4.55. The number of hydrogen-bond donors (Lipinski definition) is 0. The van der Waals surface area contributed by atoms with E-state index in [1.807, 2.05) is 29.2 Å². The van der Waals surface area contributed by atoms with E-state index in [1.54, 1.807) is 0 Å². The van der Waals surface area contributed by atoms with E-state index in [2.05, 4.69) is 16.8 Å². The van der Waals surface area contributed by atoms with Gasteiger partial charge >= 0.3 is 6.18 Å². The number of rotatable bonds is 4. The van der Waals surface area contributed by atoms with Gasteiger partial charge in [0.15, 0.2) is 5.13 Å². The number of nitro benzene ring substituents is 1. The van der Waals surface area contributed by atoms with Crippen LogP contribution in [0.25, 0.3) is 10.1 Å². The van der Waals surface area contributed by atoms with E-state index < -0.39 is 27.9 Å². The summed E-state index contributed by atoms with van der Waals surface area (Å²) in [6.45, 7) is 5.28. The first-order valence-corrected chi connectivity index (χ1v) is 12.6. The first-order valence-electron chi connectivity index (χ1n) is 11.4. The van der Waals surface area contributed by atoms with E-state index in [9.17, 15) is 28.1 Å². The maximum atomic E-state index is 13.2. The highest BCUT2D eigenvalue weighted by Crippen LogP contribution is 2.45. The predicted molar refractivity (Wildman–Crippen MR) is 133 cm³/mol. The Balaban J connectivity index is 1.32. The van der Waals surface area contributed by atoms with Crippen molar-refractivity contribution in [2.24, 2.45) is 5.41 Å². The lowest BCUT2D eigenvalue weighted by atomic mass is 9.71. The van der Waals surface area contributed by atoms with Gasteiger partial charge in [-0.25, -0.2) is 0 Å². The Labute approximate surface area is 213 Å². The molecule has 2 aliphatic heterocycles. The normalized spacial score (nSPS) is 18.9. The van der Waals surface area contributed by atoms with E-state index in [1.165, 1.54) is 5.56 Å². The van der Waals surface area contributed by atoms with E-state index in [4.69, 9.17) is 11.6 Å². The first kappa shape index (κ1) is 24.9. The number of aromatic nitrogens is 1. The van der Waals surface area contributed by atoms with Crippen LogP contribution in [0.1, 0.15) is 36.9 Å². The summed E-state index contributed by atoms with van der Waals surface area (Å²) in [7, 11) is 0. The Bertz CT molecular complexity index is 1380. The zero-order valence-electron chi connectivity index (χ0n) is 19.2. The molecule has 0 amide bonds. The number of nitrogens with zero attached hydrogens (tertiary/aromatic N) is 4. The lowest BCUT2D eigenvalue weighted by molar-refractivity contribution is -0.383. The largest absolute Gasteiger partial charge is 0.416 e. The van der Waals surface area contributed by atoms with E-state index in [0.717, 1.165) is 37.3 Å². The molecule has 3 aromatic rings. The standard InChI is InChI=1S/C24H22ClF3N4O3S/c1-14(15-2-4-17(25)5-3-15)31-12-23(13-31)6-8-30(9-7-23)22-29-21(33)18-10-16(24(26,27)28)11-19(32(34)35)20(18)36-22/h2-5,10-11,14H,6-9,12-13H2,1H3. The van der Waals surface area contributed by atoms with Gasteiger partial charge < -0.3 is 4.90 Å². The molecule has 0 radical (unpaired) electrons. The van der Waals surface area contributed by atoms with Crippen molar-refractivity contribution in [3.05, 3.63) is 73.0 Å². The molecule has 190 valence electrons. The zero-order valence-corrected chi connectivity index (χ0v) is 20.8. The van der Waals surface area contributed by atoms with Crippen LogP contribution in [0.15, 0.2) is 41.2 Å². The van der Waals surface area contributed by atoms with E-state index in [-0.39, 0.29) is 21.5 Å². The topological polar surface area (TPSA) is 79.6 Å². The molecule has 2 saturated heterocycles. The van der Waals surface area contributed by atoms with E-state index >= 15 is 0 Å². The summed E-state index contributed by atoms with van der Waals surface area (Å²) < 4.78 is 39.5. The average molecular weight is 539 g/mol. The van der Waals surface area contributed by atoms with Crippen LogP contribution in [0.5, 0.6) is 0 Å². The highest BCUT2D eigenvalue weighted by atomic mass is 35.5. The molecule has 1 unspecified atom stereocenters. The van der Waals surface area contributed by atoms with Crippen LogP contribution in [-0.4, -0.2) is 41.0 Å². The summed E-state index contributed by atoms with van der Waals surface area (Å²) in [5.41, 5.74) is -1.49. The second kappa shape index (κ2) is 8.97. The highest BCUT2D eigenvalue weighted by Gasteiger charge is 2.46. The summed E-state index contributed by atoms with van der Waals surface area (Å²) in [5, 5.41) is 12.1. The number of alkyl halides is 3. The molecule has 3 heterocycles. The summed E-state index contributed by atoms with van der Waals surface area (Å²) in [6, 6.07) is 9.23. The molecular weight excluding hydrogens is 517 g/mol. The summed E-state index contributed by atoms with van der Waals surface area (Å²) in [5.74, 6) is 0. The fourth-order valence-corrected chi connectivity index (χ4v) is 6.35. The van der Waals surface area contributed by atoms with Crippen LogP contribution in [0.3, 0.4) is 0 Å². The number of non-ortho nitro benzene ring substituents is 1. The molecule has 1 aromatic heterocycles. The van der Waals surface area contributed by atoms with Crippen molar-refractivity contribution in [3.63, 3.8) is 0 Å². The maximum Gasteiger partial charge on any atom is 0.416 e. The molecule has 0 saturated carbocycles. The number of likely N-dealkylation sites (tertiary alicyclic amines) is 1. The maximum absolute atomic E-state index is 13.2. The monoisotopic (exact) mass is 538 g/mol. The van der Waals surface area contributed by atoms with Crippen molar-refractivity contribution in [3.8, 4) is 0 Å². The van der Waals surface area contributed by atoms with Gasteiger partial charge in [-0.05, 0) is 48.9 Å². The third-order valence-corrected chi connectivity index (χ3v) is 8.70. The molecule has 0 aliphatic carbocycles. The summed E-state index contributed by atoms with van der Waals surface area (Å²) in [6.07, 6.45) is -3.07. The van der Waals surface area contributed by atoms with Gasteiger partial charge in [-0.1, -0.05) is 35.1 Å². The molecule has 2 aliphatic rings. The van der Waals surface area contributed by atoms with Crippen LogP contribution < -0.4 is 10.5 Å². The zero-order chi connectivity index (χ0) is 25.8. The minimum absolute atomic E-state index is 0.0881. The van der Waals surface area contributed by atoms with Crippen molar-refractivity contribution in [2.45, 2.75) is 32.0 Å². The Morgan fingerprint density at radius 3 is 2.39 bits per heavy atom. The first-order chi connectivity index (χ1) is 17.0. The van der Waals surface area contributed by atoms with Crippen LogP contribution in [-0.2, 0) is 6.18 Å². The SMILES string of the molecule is CC(c1ccc(Cl)cc1)N1CC2(CCN(c3nc(=O)c4cc(C(F)(F)F)cc([N+](=O)[O-])c4s3)CC2)C1. The lowest BCUT2D eigenvalue weighted by Crippen LogP contribution is -2.60. The predicted octanol–water partition coefficient (Wildman–Crippen LogP) is 5.90. The van der Waals surface area contributed by atoms with Crippen molar-refractivity contribution in [1.82, 2.24) is 9.88 Å². The molecule has 1 spiro atoms. The van der Waals surface area contributed by atoms with Crippen molar-refractivity contribution >= 4 is 43.8 Å². The number of piperidine rings is 1. The third-order valence-electron chi connectivity index (χ3n) is 7.29. The van der Waals surface area contributed by atoms with Crippen molar-refractivity contribution < 1.29 is 18.1 Å². The van der Waals surface area contributed by atoms with Crippen LogP contribution in [0.4, 0.5) is 24.0 Å². The lowest BCUT2D eigenvalue weighted by Gasteiger charge is -2.56. The number of benzene rings is 2. The molecule has 1 atom stereocenters. The van der Waals surface area contributed by atoms with Crippen LogP contribution in [0.2, 0.25) is 5.02 Å². The van der Waals surface area contributed by atoms with Gasteiger partial charge in [0.05, 0.1) is 15.9 Å². The van der Waals surface area contributed by atoms with Crippen molar-refractivity contribution in [2.75, 3.05) is 31.1 Å². The minimum atomic E-state index is -4.81. The van der Waals surface area contributed by atoms with Crippen LogP contribution in [0, 0.1) is 15.5 Å². The van der Waals surface area contributed by atoms with Gasteiger partial charge in [-0.15, -0.1) is 0 Å². The molecule has 36 heavy (non-hydrogen) atoms. The number of anilines is 1. The molecule has 5 rings (SSSR count). The average Bonchev–Trinajstić information content (AvgIpc) is 2.81. The fraction of sp³-hybridized carbons (Fsp3) is 0.417. The second-order valence-corrected chi connectivity index (χ2v) is 11.0. The van der Waals surface area contributed by atoms with Gasteiger partial charge in [0.2, 0.25) is 0 Å². The second-order valence-electron chi connectivity index (χ2n) is 9.55. The van der Waals surface area contributed by atoms with Gasteiger partial charge in [0.25, 0.3) is 11.2 Å². The Hall–Kier alpha value is -2.76. The Morgan fingerprint density at radius 1 is 1.17 bits per heavy atom. The molecule has 2 fully saturated rings. The van der Waals surface area contributed by atoms with Gasteiger partial charge in [-0.3, -0.25) is 19.8 Å². The van der Waals surface area contributed by atoms with Crippen molar-refractivity contribution in [1.29, 1.82) is 0 Å². The number of nitro groups is 1. The van der Waals surface area contributed by atoms with Gasteiger partial charge in [-0.2, -0.15) is 18.2 Å². The number of hydrogen-bond acceptors (Lipinski definition) is 7. The molecule has 12 heteroatoms. The fourth-order valence-electron chi connectivity index (χ4n) is 5.11. The summed E-state index contributed by atoms with van der Waals surface area (Å²) >= 11 is 6.89. The molecule has 0 N–H and O–H groups in total. The highest BCUT2D eigenvalue weighted by molar-refractivity contribution is 7.22. The Kier molecular flexibility index (Phi) is 6.20. The Morgan fingerprint density at radius 2 is 1.81 bits per heavy atom.